The minimum atomic E-state index is 0.270. The molecule has 0 bridgehead atoms. The van der Waals surface area contributed by atoms with Crippen LogP contribution in [0.4, 0.5) is 0 Å². The van der Waals surface area contributed by atoms with Crippen LogP contribution in [0.1, 0.15) is 29.7 Å². The molecule has 0 unspecified atom stereocenters. The Hall–Kier alpha value is -1.80. The summed E-state index contributed by atoms with van der Waals surface area (Å²) in [5.74, 6) is 0.355. The van der Waals surface area contributed by atoms with Crippen LogP contribution in [-0.4, -0.2) is 5.11 Å². The highest BCUT2D eigenvalue weighted by atomic mass is 16.3. The van der Waals surface area contributed by atoms with Crippen molar-refractivity contribution in [3.05, 3.63) is 65.2 Å². The maximum atomic E-state index is 9.78. The number of aromatic hydroxyl groups is 1. The van der Waals surface area contributed by atoms with Gasteiger partial charge in [0.2, 0.25) is 0 Å². The number of aryl methyl sites for hydroxylation is 1. The van der Waals surface area contributed by atoms with E-state index in [9.17, 15) is 5.11 Å². The van der Waals surface area contributed by atoms with Gasteiger partial charge in [-0.1, -0.05) is 48.0 Å². The van der Waals surface area contributed by atoms with Gasteiger partial charge in [-0.15, -0.1) is 0 Å². The lowest BCUT2D eigenvalue weighted by Gasteiger charge is -2.15. The Labute approximate surface area is 108 Å². The fraction of sp³-hybridized carbons (Fsp3) is 0.250. The van der Waals surface area contributed by atoms with E-state index in [4.69, 9.17) is 0 Å². The quantitative estimate of drug-likeness (QED) is 0.858. The highest BCUT2D eigenvalue weighted by molar-refractivity contribution is 5.35. The van der Waals surface area contributed by atoms with Gasteiger partial charge in [0, 0.05) is 18.2 Å². The predicted molar refractivity (Wildman–Crippen MR) is 74.5 cm³/mol. The third-order valence-corrected chi connectivity index (χ3v) is 3.13. The van der Waals surface area contributed by atoms with Crippen LogP contribution in [0.2, 0.25) is 0 Å². The number of nitrogens with one attached hydrogen (secondary N) is 1. The Morgan fingerprint density at radius 1 is 1.11 bits per heavy atom. The molecule has 2 heteroatoms. The average Bonchev–Trinajstić information content (AvgIpc) is 2.40. The van der Waals surface area contributed by atoms with Crippen molar-refractivity contribution < 1.29 is 5.11 Å². The molecule has 2 nitrogen and oxygen atoms in total. The molecule has 0 aliphatic rings. The summed E-state index contributed by atoms with van der Waals surface area (Å²) < 4.78 is 0. The first-order chi connectivity index (χ1) is 8.66. The molecule has 0 saturated carbocycles. The molecule has 2 rings (SSSR count). The maximum absolute atomic E-state index is 9.78. The number of rotatable bonds is 4. The summed E-state index contributed by atoms with van der Waals surface area (Å²) in [5.41, 5.74) is 3.36. The van der Waals surface area contributed by atoms with Crippen LogP contribution in [0.3, 0.4) is 0 Å². The molecular weight excluding hydrogens is 222 g/mol. The van der Waals surface area contributed by atoms with Gasteiger partial charge in [-0.25, -0.2) is 0 Å². The summed E-state index contributed by atoms with van der Waals surface area (Å²) in [6, 6.07) is 16.3. The summed E-state index contributed by atoms with van der Waals surface area (Å²) in [6.07, 6.45) is 0. The molecular formula is C16H19NO. The third-order valence-electron chi connectivity index (χ3n) is 3.13. The summed E-state index contributed by atoms with van der Waals surface area (Å²) in [5, 5.41) is 13.2. The van der Waals surface area contributed by atoms with Gasteiger partial charge in [-0.2, -0.15) is 0 Å². The Morgan fingerprint density at radius 3 is 2.56 bits per heavy atom. The van der Waals surface area contributed by atoms with E-state index in [-0.39, 0.29) is 6.04 Å². The number of hydrogen-bond acceptors (Lipinski definition) is 2. The van der Waals surface area contributed by atoms with E-state index in [1.54, 1.807) is 6.07 Å². The minimum Gasteiger partial charge on any atom is -0.508 e. The first-order valence-corrected chi connectivity index (χ1v) is 6.23. The lowest BCUT2D eigenvalue weighted by Crippen LogP contribution is -2.18. The summed E-state index contributed by atoms with van der Waals surface area (Å²) >= 11 is 0. The van der Waals surface area contributed by atoms with Crippen LogP contribution in [-0.2, 0) is 6.54 Å². The van der Waals surface area contributed by atoms with Crippen molar-refractivity contribution in [2.75, 3.05) is 0 Å². The van der Waals surface area contributed by atoms with Crippen LogP contribution in [0, 0.1) is 6.92 Å². The largest absolute Gasteiger partial charge is 0.508 e. The second kappa shape index (κ2) is 5.69. The fourth-order valence-electron chi connectivity index (χ4n) is 1.98. The Bertz CT molecular complexity index is 508. The molecule has 18 heavy (non-hydrogen) atoms. The number of benzene rings is 2. The lowest BCUT2D eigenvalue weighted by atomic mass is 10.1. The Morgan fingerprint density at radius 2 is 1.83 bits per heavy atom. The molecule has 2 aromatic rings. The smallest absolute Gasteiger partial charge is 0.120 e. The summed E-state index contributed by atoms with van der Waals surface area (Å²) in [7, 11) is 0. The molecule has 94 valence electrons. The second-order valence-corrected chi connectivity index (χ2v) is 4.65. The monoisotopic (exact) mass is 241 g/mol. The minimum absolute atomic E-state index is 0.270. The second-order valence-electron chi connectivity index (χ2n) is 4.65. The number of phenolic OH excluding ortho intramolecular Hbond substituents is 1. The normalized spacial score (nSPS) is 12.3. The van der Waals surface area contributed by atoms with Crippen molar-refractivity contribution in [1.82, 2.24) is 5.32 Å². The van der Waals surface area contributed by atoms with E-state index >= 15 is 0 Å². The van der Waals surface area contributed by atoms with Gasteiger partial charge in [0.15, 0.2) is 0 Å². The maximum Gasteiger partial charge on any atom is 0.120 e. The highest BCUT2D eigenvalue weighted by Crippen LogP contribution is 2.19. The third kappa shape index (κ3) is 3.11. The van der Waals surface area contributed by atoms with Crippen molar-refractivity contribution in [3.8, 4) is 5.75 Å². The predicted octanol–water partition coefficient (Wildman–Crippen LogP) is 3.55. The number of hydrogen-bond donors (Lipinski definition) is 2. The van der Waals surface area contributed by atoms with Gasteiger partial charge < -0.3 is 10.4 Å². The fourth-order valence-corrected chi connectivity index (χ4v) is 1.98. The van der Waals surface area contributed by atoms with Gasteiger partial charge in [-0.05, 0) is 25.5 Å². The average molecular weight is 241 g/mol. The zero-order chi connectivity index (χ0) is 13.0. The van der Waals surface area contributed by atoms with Crippen molar-refractivity contribution in [2.45, 2.75) is 26.4 Å². The molecule has 2 aromatic carbocycles. The summed E-state index contributed by atoms with van der Waals surface area (Å²) in [6.45, 7) is 4.83. The molecule has 0 amide bonds. The molecule has 0 radical (unpaired) electrons. The highest BCUT2D eigenvalue weighted by Gasteiger charge is 2.06. The zero-order valence-corrected chi connectivity index (χ0v) is 10.9. The molecule has 0 saturated heterocycles. The van der Waals surface area contributed by atoms with Crippen LogP contribution in [0.25, 0.3) is 0 Å². The molecule has 0 aromatic heterocycles. The van der Waals surface area contributed by atoms with Crippen LogP contribution >= 0.6 is 0 Å². The SMILES string of the molecule is Cc1ccc(O)c(CN[C@@H](C)c2ccccc2)c1. The molecule has 0 fully saturated rings. The molecule has 0 heterocycles. The molecule has 2 N–H and O–H groups in total. The van der Waals surface area contributed by atoms with E-state index < -0.39 is 0 Å². The van der Waals surface area contributed by atoms with Crippen LogP contribution in [0.15, 0.2) is 48.5 Å². The zero-order valence-electron chi connectivity index (χ0n) is 10.9. The molecule has 0 spiro atoms. The van der Waals surface area contributed by atoms with Gasteiger partial charge in [-0.3, -0.25) is 0 Å². The van der Waals surface area contributed by atoms with E-state index in [2.05, 4.69) is 24.4 Å². The molecule has 1 atom stereocenters. The van der Waals surface area contributed by atoms with Crippen molar-refractivity contribution in [3.63, 3.8) is 0 Å². The topological polar surface area (TPSA) is 32.3 Å². The summed E-state index contributed by atoms with van der Waals surface area (Å²) in [4.78, 5) is 0. The van der Waals surface area contributed by atoms with Gasteiger partial charge in [0.05, 0.1) is 0 Å². The standard InChI is InChI=1S/C16H19NO/c1-12-8-9-16(18)15(10-12)11-17-13(2)14-6-4-3-5-7-14/h3-10,13,17-18H,11H2,1-2H3/t13-/m0/s1. The van der Waals surface area contributed by atoms with Gasteiger partial charge in [0.1, 0.15) is 5.75 Å². The van der Waals surface area contributed by atoms with E-state index in [0.717, 1.165) is 11.1 Å². The van der Waals surface area contributed by atoms with Crippen LogP contribution in [0.5, 0.6) is 5.75 Å². The van der Waals surface area contributed by atoms with Gasteiger partial charge >= 0.3 is 0 Å². The Kier molecular flexibility index (Phi) is 4.00. The Balaban J connectivity index is 2.01. The van der Waals surface area contributed by atoms with Crippen molar-refractivity contribution in [1.29, 1.82) is 0 Å². The number of phenols is 1. The first kappa shape index (κ1) is 12.7. The lowest BCUT2D eigenvalue weighted by molar-refractivity contribution is 0.460. The molecule has 0 aliphatic carbocycles. The van der Waals surface area contributed by atoms with Gasteiger partial charge in [0.25, 0.3) is 0 Å². The van der Waals surface area contributed by atoms with Crippen LogP contribution < -0.4 is 5.32 Å². The molecule has 0 aliphatic heterocycles. The van der Waals surface area contributed by atoms with E-state index in [1.165, 1.54) is 5.56 Å². The first-order valence-electron chi connectivity index (χ1n) is 6.23. The van der Waals surface area contributed by atoms with Crippen molar-refractivity contribution in [2.24, 2.45) is 0 Å². The van der Waals surface area contributed by atoms with E-state index in [0.29, 0.717) is 12.3 Å². The van der Waals surface area contributed by atoms with E-state index in [1.807, 2.05) is 37.3 Å². The van der Waals surface area contributed by atoms with Crippen molar-refractivity contribution >= 4 is 0 Å².